The molecule has 1 aliphatic rings. The number of nitrogens with one attached hydrogen (secondary N) is 1. The average molecular weight is 485 g/mol. The summed E-state index contributed by atoms with van der Waals surface area (Å²) in [5.74, 6) is -0.875. The first-order valence-corrected chi connectivity index (χ1v) is 11.4. The molecule has 0 spiro atoms. The number of halogens is 2. The third-order valence-corrected chi connectivity index (χ3v) is 6.58. The minimum absolute atomic E-state index is 0. The Balaban J connectivity index is 0.00000324. The fourth-order valence-electron chi connectivity index (χ4n) is 4.88. The number of fused-ring (bicyclic) bond motifs is 2. The Hall–Kier alpha value is -3.08. The molecule has 0 fully saturated rings. The molecule has 1 aromatic heterocycles. The van der Waals surface area contributed by atoms with Crippen LogP contribution in [0.4, 0.5) is 4.39 Å². The number of nitrogens with two attached hydrogens (primary N) is 1. The number of amides is 1. The van der Waals surface area contributed by atoms with Crippen LogP contribution >= 0.6 is 12.4 Å². The van der Waals surface area contributed by atoms with E-state index in [1.165, 1.54) is 17.7 Å². The summed E-state index contributed by atoms with van der Waals surface area (Å²) in [6, 6.07) is 10.9. The van der Waals surface area contributed by atoms with E-state index in [1.54, 1.807) is 0 Å². The van der Waals surface area contributed by atoms with Crippen LogP contribution in [0.5, 0.6) is 5.75 Å². The summed E-state index contributed by atoms with van der Waals surface area (Å²) < 4.78 is 20.1. The summed E-state index contributed by atoms with van der Waals surface area (Å²) in [5.41, 5.74) is 9.30. The lowest BCUT2D eigenvalue weighted by Gasteiger charge is -2.39. The van der Waals surface area contributed by atoms with Crippen molar-refractivity contribution in [3.05, 3.63) is 64.6 Å². The number of carbonyl (C=O) groups is 1. The quantitative estimate of drug-likeness (QED) is 0.483. The number of rotatable bonds is 8. The lowest BCUT2D eigenvalue weighted by atomic mass is 9.94. The monoisotopic (exact) mass is 484 g/mol. The van der Waals surface area contributed by atoms with Gasteiger partial charge in [-0.25, -0.2) is 4.39 Å². The molecule has 2 unspecified atom stereocenters. The highest BCUT2D eigenvalue weighted by atomic mass is 35.5. The van der Waals surface area contributed by atoms with Crippen molar-refractivity contribution in [3.63, 3.8) is 0 Å². The number of primary amides is 1. The number of H-pyrrole nitrogens is 1. The summed E-state index contributed by atoms with van der Waals surface area (Å²) in [6.07, 6.45) is 5.29. The second-order valence-electron chi connectivity index (χ2n) is 8.75. The van der Waals surface area contributed by atoms with Crippen molar-refractivity contribution in [2.45, 2.75) is 51.6 Å². The van der Waals surface area contributed by atoms with Crippen molar-refractivity contribution >= 4 is 29.2 Å². The van der Waals surface area contributed by atoms with E-state index in [-0.39, 0.29) is 30.2 Å². The number of aryl methyl sites for hydroxylation is 1. The molecule has 0 saturated heterocycles. The molecule has 0 aliphatic carbocycles. The average Bonchev–Trinajstić information content (AvgIpc) is 3.22. The van der Waals surface area contributed by atoms with E-state index in [4.69, 9.17) is 10.5 Å². The number of hydrogen-bond donors (Lipinski definition) is 2. The zero-order valence-electron chi connectivity index (χ0n) is 19.4. The third-order valence-electron chi connectivity index (χ3n) is 6.58. The largest absolute Gasteiger partial charge is 0.489 e. The minimum Gasteiger partial charge on any atom is -0.489 e. The van der Waals surface area contributed by atoms with Crippen LogP contribution in [0, 0.1) is 17.1 Å². The Labute approximate surface area is 205 Å². The number of ether oxygens (including phenoxy) is 1. The lowest BCUT2D eigenvalue weighted by molar-refractivity contribution is 0.0794. The molecule has 0 bridgehead atoms. The van der Waals surface area contributed by atoms with E-state index in [2.05, 4.69) is 29.8 Å². The number of aromatic nitrogens is 1. The van der Waals surface area contributed by atoms with Gasteiger partial charge in [0.2, 0.25) is 5.91 Å². The van der Waals surface area contributed by atoms with Crippen molar-refractivity contribution < 1.29 is 13.9 Å². The van der Waals surface area contributed by atoms with Crippen LogP contribution in [-0.2, 0) is 12.8 Å². The predicted molar refractivity (Wildman–Crippen MR) is 133 cm³/mol. The Morgan fingerprint density at radius 3 is 2.88 bits per heavy atom. The SMILES string of the molecule is CCCN(C(C)CCc1c[nH]c2ccc(C#N)cc12)C1COc2c(F)ccc(C(N)=O)c2C1.Cl. The summed E-state index contributed by atoms with van der Waals surface area (Å²) in [6.45, 7) is 5.57. The molecule has 4 rings (SSSR count). The molecule has 2 aromatic carbocycles. The Morgan fingerprint density at radius 1 is 1.38 bits per heavy atom. The maximum atomic E-state index is 14.3. The van der Waals surface area contributed by atoms with Gasteiger partial charge in [0, 0.05) is 40.3 Å². The molecule has 34 heavy (non-hydrogen) atoms. The predicted octanol–water partition coefficient (Wildman–Crippen LogP) is 4.74. The van der Waals surface area contributed by atoms with Crippen molar-refractivity contribution in [2.75, 3.05) is 13.2 Å². The first-order valence-electron chi connectivity index (χ1n) is 11.4. The van der Waals surface area contributed by atoms with Gasteiger partial charge in [-0.15, -0.1) is 12.4 Å². The first kappa shape index (κ1) is 25.5. The molecule has 3 N–H and O–H groups in total. The number of benzene rings is 2. The molecule has 1 amide bonds. The lowest BCUT2D eigenvalue weighted by Crippen LogP contribution is -2.48. The van der Waals surface area contributed by atoms with Gasteiger partial charge >= 0.3 is 0 Å². The van der Waals surface area contributed by atoms with E-state index in [1.807, 2.05) is 24.4 Å². The number of aromatic amines is 1. The standard InChI is InChI=1S/C26H29FN4O2.ClH/c1-3-10-31(19-12-22-20(26(29)32)7-8-23(27)25(22)33-15-19)16(2)4-6-18-14-30-24-9-5-17(13-28)11-21(18)24;/h5,7-9,11,14,16,19,30H,3-4,6,10,12,15H2,1-2H3,(H2,29,32);1H. The fraction of sp³-hybridized carbons (Fsp3) is 0.385. The molecule has 2 heterocycles. The Bertz CT molecular complexity index is 1220. The Kier molecular flexibility index (Phi) is 8.19. The maximum Gasteiger partial charge on any atom is 0.249 e. The molecule has 8 heteroatoms. The summed E-state index contributed by atoms with van der Waals surface area (Å²) in [5, 5.41) is 10.3. The zero-order valence-corrected chi connectivity index (χ0v) is 20.3. The van der Waals surface area contributed by atoms with Crippen LogP contribution in [0.25, 0.3) is 10.9 Å². The molecule has 6 nitrogen and oxygen atoms in total. The first-order chi connectivity index (χ1) is 15.9. The molecular formula is C26H30ClFN4O2. The van der Waals surface area contributed by atoms with Crippen molar-refractivity contribution in [2.24, 2.45) is 5.73 Å². The third kappa shape index (κ3) is 5.03. The summed E-state index contributed by atoms with van der Waals surface area (Å²) in [4.78, 5) is 17.6. The van der Waals surface area contributed by atoms with Crippen molar-refractivity contribution in [1.82, 2.24) is 9.88 Å². The van der Waals surface area contributed by atoms with Crippen LogP contribution in [0.15, 0.2) is 36.5 Å². The van der Waals surface area contributed by atoms with Gasteiger partial charge in [0.15, 0.2) is 11.6 Å². The van der Waals surface area contributed by atoms with Crippen molar-refractivity contribution in [3.8, 4) is 11.8 Å². The van der Waals surface area contributed by atoms with E-state index < -0.39 is 11.7 Å². The van der Waals surface area contributed by atoms with E-state index in [0.717, 1.165) is 36.7 Å². The van der Waals surface area contributed by atoms with Crippen LogP contribution in [0.2, 0.25) is 0 Å². The highest BCUT2D eigenvalue weighted by Crippen LogP contribution is 2.33. The van der Waals surface area contributed by atoms with E-state index in [9.17, 15) is 14.4 Å². The Morgan fingerprint density at radius 2 is 2.18 bits per heavy atom. The number of carbonyl (C=O) groups excluding carboxylic acids is 1. The van der Waals surface area contributed by atoms with Gasteiger partial charge in [0.05, 0.1) is 11.6 Å². The highest BCUT2D eigenvalue weighted by Gasteiger charge is 2.32. The van der Waals surface area contributed by atoms with Gasteiger partial charge in [-0.2, -0.15) is 5.26 Å². The maximum absolute atomic E-state index is 14.3. The van der Waals surface area contributed by atoms with Gasteiger partial charge in [-0.05, 0) is 75.0 Å². The molecule has 180 valence electrons. The van der Waals surface area contributed by atoms with Gasteiger partial charge in [0.1, 0.15) is 6.61 Å². The van der Waals surface area contributed by atoms with E-state index in [0.29, 0.717) is 29.7 Å². The molecule has 0 radical (unpaired) electrons. The van der Waals surface area contributed by atoms with Crippen LogP contribution in [0.1, 0.15) is 53.7 Å². The molecule has 2 atom stereocenters. The summed E-state index contributed by atoms with van der Waals surface area (Å²) in [7, 11) is 0. The number of nitriles is 1. The van der Waals surface area contributed by atoms with Crippen LogP contribution in [0.3, 0.4) is 0 Å². The fourth-order valence-corrected chi connectivity index (χ4v) is 4.88. The highest BCUT2D eigenvalue weighted by molar-refractivity contribution is 5.95. The minimum atomic E-state index is -0.568. The normalized spacial score (nSPS) is 15.8. The topological polar surface area (TPSA) is 95.1 Å². The van der Waals surface area contributed by atoms with Crippen LogP contribution in [-0.4, -0.2) is 41.0 Å². The molecule has 0 saturated carbocycles. The molecular weight excluding hydrogens is 455 g/mol. The van der Waals surface area contributed by atoms with Gasteiger partial charge in [-0.1, -0.05) is 6.92 Å². The molecule has 1 aliphatic heterocycles. The van der Waals surface area contributed by atoms with Gasteiger partial charge in [-0.3, -0.25) is 9.69 Å². The zero-order chi connectivity index (χ0) is 23.5. The van der Waals surface area contributed by atoms with Crippen molar-refractivity contribution in [1.29, 1.82) is 5.26 Å². The second kappa shape index (κ2) is 10.9. The van der Waals surface area contributed by atoms with Crippen LogP contribution < -0.4 is 10.5 Å². The van der Waals surface area contributed by atoms with E-state index >= 15 is 0 Å². The number of nitrogens with zero attached hydrogens (tertiary/aromatic N) is 2. The smallest absolute Gasteiger partial charge is 0.249 e. The van der Waals surface area contributed by atoms with Gasteiger partial charge < -0.3 is 15.5 Å². The van der Waals surface area contributed by atoms with Gasteiger partial charge in [0.25, 0.3) is 0 Å². The number of hydrogen-bond acceptors (Lipinski definition) is 4. The molecule has 3 aromatic rings. The second-order valence-corrected chi connectivity index (χ2v) is 8.75. The summed E-state index contributed by atoms with van der Waals surface area (Å²) >= 11 is 0.